The molecule has 114 valence electrons. The van der Waals surface area contributed by atoms with Crippen molar-refractivity contribution in [3.63, 3.8) is 0 Å². The Hall–Kier alpha value is -0.580. The lowest BCUT2D eigenvalue weighted by Gasteiger charge is -2.33. The molecule has 0 spiro atoms. The van der Waals surface area contributed by atoms with Crippen LogP contribution >= 0.6 is 0 Å². The standard InChI is InChI=1S/C9H12F6O4/c1-7(8(10,11)12,9(13,14)15)4-17-2-5-3-18-6(16)19-5/h5-6,16H,2-4H2,1H3. The van der Waals surface area contributed by atoms with E-state index in [1.54, 1.807) is 0 Å². The summed E-state index contributed by atoms with van der Waals surface area (Å²) >= 11 is 0. The predicted molar refractivity (Wildman–Crippen MR) is 47.9 cm³/mol. The molecule has 0 aromatic heterocycles. The van der Waals surface area contributed by atoms with Crippen molar-refractivity contribution >= 4 is 0 Å². The van der Waals surface area contributed by atoms with Gasteiger partial charge in [-0.15, -0.1) is 0 Å². The van der Waals surface area contributed by atoms with Crippen LogP contribution in [-0.2, 0) is 14.2 Å². The van der Waals surface area contributed by atoms with Crippen LogP contribution in [-0.4, -0.2) is 49.9 Å². The molecule has 1 heterocycles. The monoisotopic (exact) mass is 298 g/mol. The zero-order chi connectivity index (χ0) is 14.9. The fourth-order valence-corrected chi connectivity index (χ4v) is 1.24. The maximum absolute atomic E-state index is 12.5. The first kappa shape index (κ1) is 16.5. The van der Waals surface area contributed by atoms with Crippen molar-refractivity contribution < 1.29 is 45.7 Å². The second-order valence-corrected chi connectivity index (χ2v) is 4.24. The van der Waals surface area contributed by atoms with Gasteiger partial charge in [0.1, 0.15) is 6.10 Å². The van der Waals surface area contributed by atoms with Crippen molar-refractivity contribution in [2.45, 2.75) is 31.9 Å². The average molecular weight is 298 g/mol. The molecule has 0 radical (unpaired) electrons. The van der Waals surface area contributed by atoms with E-state index in [0.717, 1.165) is 0 Å². The largest absolute Gasteiger partial charge is 0.405 e. The number of aliphatic hydroxyl groups excluding tert-OH is 1. The van der Waals surface area contributed by atoms with E-state index >= 15 is 0 Å². The van der Waals surface area contributed by atoms with Crippen molar-refractivity contribution in [3.05, 3.63) is 0 Å². The maximum atomic E-state index is 12.5. The first-order valence-electron chi connectivity index (χ1n) is 5.14. The summed E-state index contributed by atoms with van der Waals surface area (Å²) in [4.78, 5) is 0. The Morgan fingerprint density at radius 3 is 2.05 bits per heavy atom. The normalized spacial score (nSPS) is 25.9. The maximum Gasteiger partial charge on any atom is 0.405 e. The lowest BCUT2D eigenvalue weighted by molar-refractivity contribution is -0.346. The van der Waals surface area contributed by atoms with Gasteiger partial charge >= 0.3 is 12.4 Å². The molecule has 0 aromatic rings. The molecule has 2 atom stereocenters. The third-order valence-electron chi connectivity index (χ3n) is 2.68. The molecule has 2 unspecified atom stereocenters. The molecule has 10 heteroatoms. The van der Waals surface area contributed by atoms with Gasteiger partial charge in [0.15, 0.2) is 5.41 Å². The van der Waals surface area contributed by atoms with Gasteiger partial charge in [-0.05, 0) is 6.92 Å². The van der Waals surface area contributed by atoms with Crippen molar-refractivity contribution in [1.29, 1.82) is 0 Å². The number of alkyl halides is 6. The van der Waals surface area contributed by atoms with Crippen LogP contribution in [0.25, 0.3) is 0 Å². The quantitative estimate of drug-likeness (QED) is 0.804. The van der Waals surface area contributed by atoms with E-state index in [1.165, 1.54) is 0 Å². The van der Waals surface area contributed by atoms with Gasteiger partial charge < -0.3 is 19.3 Å². The van der Waals surface area contributed by atoms with E-state index in [-0.39, 0.29) is 13.5 Å². The first-order chi connectivity index (χ1) is 8.47. The minimum absolute atomic E-state index is 0.0217. The predicted octanol–water partition coefficient (Wildman–Crippen LogP) is 1.83. The smallest absolute Gasteiger partial charge is 0.377 e. The van der Waals surface area contributed by atoms with E-state index < -0.39 is 43.6 Å². The SMILES string of the molecule is CC(COCC1COC(O)O1)(C(F)(F)F)C(F)(F)F. The molecule has 1 aliphatic heterocycles. The average Bonchev–Trinajstić information content (AvgIpc) is 2.60. The molecule has 0 aromatic carbocycles. The van der Waals surface area contributed by atoms with E-state index in [2.05, 4.69) is 14.2 Å². The molecule has 1 saturated heterocycles. The van der Waals surface area contributed by atoms with Crippen LogP contribution in [0.5, 0.6) is 0 Å². The molecule has 1 fully saturated rings. The summed E-state index contributed by atoms with van der Waals surface area (Å²) in [7, 11) is 0. The third-order valence-corrected chi connectivity index (χ3v) is 2.68. The molecule has 0 bridgehead atoms. The molecular weight excluding hydrogens is 286 g/mol. The second-order valence-electron chi connectivity index (χ2n) is 4.24. The molecule has 1 N–H and O–H groups in total. The van der Waals surface area contributed by atoms with Crippen molar-refractivity contribution in [2.75, 3.05) is 19.8 Å². The summed E-state index contributed by atoms with van der Waals surface area (Å²) in [5, 5.41) is 8.76. The summed E-state index contributed by atoms with van der Waals surface area (Å²) in [5.74, 6) is 0. The van der Waals surface area contributed by atoms with Gasteiger partial charge in [0.05, 0.1) is 19.8 Å². The second kappa shape index (κ2) is 5.43. The molecule has 1 rings (SSSR count). The van der Waals surface area contributed by atoms with Crippen molar-refractivity contribution in [1.82, 2.24) is 0 Å². The fraction of sp³-hybridized carbons (Fsp3) is 1.00. The summed E-state index contributed by atoms with van der Waals surface area (Å²) < 4.78 is 88.3. The van der Waals surface area contributed by atoms with Crippen LogP contribution in [0.15, 0.2) is 0 Å². The van der Waals surface area contributed by atoms with Gasteiger partial charge in [-0.3, -0.25) is 0 Å². The Balaban J connectivity index is 2.56. The number of rotatable bonds is 4. The van der Waals surface area contributed by atoms with Crippen LogP contribution in [0.4, 0.5) is 26.3 Å². The summed E-state index contributed by atoms with van der Waals surface area (Å²) in [5.41, 5.74) is -3.96. The lowest BCUT2D eigenvalue weighted by atomic mass is 9.90. The highest BCUT2D eigenvalue weighted by molar-refractivity contribution is 4.89. The fourth-order valence-electron chi connectivity index (χ4n) is 1.24. The van der Waals surface area contributed by atoms with Gasteiger partial charge in [0.25, 0.3) is 6.48 Å². The Kier molecular flexibility index (Phi) is 4.71. The van der Waals surface area contributed by atoms with E-state index in [4.69, 9.17) is 5.11 Å². The molecule has 0 saturated carbocycles. The van der Waals surface area contributed by atoms with Gasteiger partial charge in [-0.1, -0.05) is 0 Å². The number of halogens is 6. The number of hydrogen-bond acceptors (Lipinski definition) is 4. The topological polar surface area (TPSA) is 47.9 Å². The minimum Gasteiger partial charge on any atom is -0.377 e. The summed E-state index contributed by atoms with van der Waals surface area (Å²) in [6, 6.07) is 0. The molecular formula is C9H12F6O4. The Labute approximate surface area is 104 Å². The first-order valence-corrected chi connectivity index (χ1v) is 5.14. The van der Waals surface area contributed by atoms with Crippen LogP contribution in [0.1, 0.15) is 6.92 Å². The number of aliphatic hydroxyl groups is 1. The van der Waals surface area contributed by atoms with E-state index in [9.17, 15) is 26.3 Å². The highest BCUT2D eigenvalue weighted by Gasteiger charge is 2.67. The Morgan fingerprint density at radius 2 is 1.68 bits per heavy atom. The third kappa shape index (κ3) is 3.71. The molecule has 0 aliphatic carbocycles. The van der Waals surface area contributed by atoms with Crippen LogP contribution in [0, 0.1) is 5.41 Å². The minimum atomic E-state index is -5.49. The van der Waals surface area contributed by atoms with Crippen LogP contribution in [0.2, 0.25) is 0 Å². The van der Waals surface area contributed by atoms with Gasteiger partial charge in [-0.2, -0.15) is 26.3 Å². The van der Waals surface area contributed by atoms with Gasteiger partial charge in [0.2, 0.25) is 0 Å². The molecule has 1 aliphatic rings. The zero-order valence-corrected chi connectivity index (χ0v) is 9.72. The Bertz CT molecular complexity index is 288. The van der Waals surface area contributed by atoms with Gasteiger partial charge in [-0.25, -0.2) is 0 Å². The van der Waals surface area contributed by atoms with Crippen LogP contribution in [0.3, 0.4) is 0 Å². The molecule has 4 nitrogen and oxygen atoms in total. The highest BCUT2D eigenvalue weighted by Crippen LogP contribution is 2.50. The lowest BCUT2D eigenvalue weighted by Crippen LogP contribution is -2.51. The summed E-state index contributed by atoms with van der Waals surface area (Å²) in [6.07, 6.45) is -11.9. The number of hydrogen-bond donors (Lipinski definition) is 1. The molecule has 0 amide bonds. The Morgan fingerprint density at radius 1 is 1.16 bits per heavy atom. The summed E-state index contributed by atoms with van der Waals surface area (Å²) in [6.45, 7) is -3.82. The van der Waals surface area contributed by atoms with Crippen molar-refractivity contribution in [2.24, 2.45) is 5.41 Å². The zero-order valence-electron chi connectivity index (χ0n) is 9.72. The van der Waals surface area contributed by atoms with Crippen LogP contribution < -0.4 is 0 Å². The molecule has 19 heavy (non-hydrogen) atoms. The van der Waals surface area contributed by atoms with E-state index in [1.807, 2.05) is 0 Å². The van der Waals surface area contributed by atoms with Gasteiger partial charge in [0, 0.05) is 0 Å². The number of ether oxygens (including phenoxy) is 3. The van der Waals surface area contributed by atoms with Crippen molar-refractivity contribution in [3.8, 4) is 0 Å². The highest BCUT2D eigenvalue weighted by atomic mass is 19.4. The van der Waals surface area contributed by atoms with E-state index in [0.29, 0.717) is 0 Å².